The van der Waals surface area contributed by atoms with Crippen molar-refractivity contribution in [1.82, 2.24) is 0 Å². The predicted octanol–water partition coefficient (Wildman–Crippen LogP) is 10.2. The molecule has 1 unspecified atom stereocenters. The molecule has 34 heavy (non-hydrogen) atoms. The Hall–Kier alpha value is -2.29. The number of carbonyl (C=O) groups is 1. The number of benzene rings is 2. The number of carbonyl (C=O) groups excluding carboxylic acids is 1. The summed E-state index contributed by atoms with van der Waals surface area (Å²) in [5.41, 5.74) is 2.55. The van der Waals surface area contributed by atoms with Crippen molar-refractivity contribution in [3.05, 3.63) is 65.7 Å². The van der Waals surface area contributed by atoms with E-state index < -0.39 is 0 Å². The van der Waals surface area contributed by atoms with Gasteiger partial charge in [-0.2, -0.15) is 0 Å². The number of phenols is 1. The van der Waals surface area contributed by atoms with Gasteiger partial charge >= 0.3 is 5.97 Å². The van der Waals surface area contributed by atoms with Crippen molar-refractivity contribution in [3.63, 3.8) is 0 Å². The van der Waals surface area contributed by atoms with Crippen molar-refractivity contribution < 1.29 is 14.6 Å². The molecule has 0 saturated carbocycles. The van der Waals surface area contributed by atoms with Gasteiger partial charge in [0.05, 0.1) is 6.61 Å². The van der Waals surface area contributed by atoms with Gasteiger partial charge in [-0.15, -0.1) is 0 Å². The van der Waals surface area contributed by atoms with Crippen molar-refractivity contribution in [1.29, 1.82) is 0 Å². The second-order valence-electron chi connectivity index (χ2n) is 8.35. The summed E-state index contributed by atoms with van der Waals surface area (Å²) in [7, 11) is 0. The standard InChI is InChI=1S/C17H26O3.C9H12.5CH4/c1-13(2)5-4-12-20-17(19)11-6-14(3)15-7-9-16(18)10-8-15;1-8(2)9-6-4-3-5-7-9;;;;;/h7-10,13-14,18H,4-6,11-12H2,1-3H3;3-8H,1-2H3;5*1H4. The minimum absolute atomic E-state index is 0. The Labute approximate surface area is 214 Å². The van der Waals surface area contributed by atoms with Crippen LogP contribution in [0.3, 0.4) is 0 Å². The fraction of sp³-hybridized carbons (Fsp3) is 0.581. The molecule has 2 aromatic carbocycles. The summed E-state index contributed by atoms with van der Waals surface area (Å²) < 4.78 is 5.22. The number of hydrogen-bond acceptors (Lipinski definition) is 3. The second-order valence-corrected chi connectivity index (χ2v) is 8.35. The highest BCUT2D eigenvalue weighted by Gasteiger charge is 2.10. The van der Waals surface area contributed by atoms with Gasteiger partial charge < -0.3 is 9.84 Å². The summed E-state index contributed by atoms with van der Waals surface area (Å²) in [4.78, 5) is 11.6. The van der Waals surface area contributed by atoms with Crippen molar-refractivity contribution in [2.24, 2.45) is 5.92 Å². The van der Waals surface area contributed by atoms with Crippen LogP contribution < -0.4 is 0 Å². The quantitative estimate of drug-likeness (QED) is 0.288. The molecule has 2 rings (SSSR count). The minimum Gasteiger partial charge on any atom is -0.508 e. The molecule has 2 aromatic rings. The molecule has 0 fully saturated rings. The van der Waals surface area contributed by atoms with Crippen molar-refractivity contribution in [3.8, 4) is 5.75 Å². The molecule has 0 aliphatic heterocycles. The van der Waals surface area contributed by atoms with Crippen LogP contribution in [-0.2, 0) is 9.53 Å². The first kappa shape index (κ1) is 41.9. The van der Waals surface area contributed by atoms with Crippen LogP contribution in [0.5, 0.6) is 5.75 Å². The molecule has 0 spiro atoms. The lowest BCUT2D eigenvalue weighted by molar-refractivity contribution is -0.144. The maximum Gasteiger partial charge on any atom is 0.305 e. The van der Waals surface area contributed by atoms with E-state index in [0.29, 0.717) is 30.8 Å². The maximum absolute atomic E-state index is 11.6. The van der Waals surface area contributed by atoms with E-state index in [2.05, 4.69) is 58.9 Å². The van der Waals surface area contributed by atoms with E-state index in [4.69, 9.17) is 4.74 Å². The maximum atomic E-state index is 11.6. The lowest BCUT2D eigenvalue weighted by atomic mass is 9.96. The Morgan fingerprint density at radius 1 is 0.765 bits per heavy atom. The number of esters is 1. The summed E-state index contributed by atoms with van der Waals surface area (Å²) in [6.45, 7) is 11.4. The van der Waals surface area contributed by atoms with Gasteiger partial charge in [-0.25, -0.2) is 0 Å². The number of rotatable bonds is 9. The molecule has 0 saturated heterocycles. The Bertz CT molecular complexity index is 676. The predicted molar refractivity (Wildman–Crippen MR) is 155 cm³/mol. The summed E-state index contributed by atoms with van der Waals surface area (Å²) in [5.74, 6) is 1.76. The molecular formula is C31H58O3. The zero-order valence-electron chi connectivity index (χ0n) is 18.7. The molecule has 0 heterocycles. The average molecular weight is 479 g/mol. The molecule has 1 N–H and O–H groups in total. The molecule has 200 valence electrons. The van der Waals surface area contributed by atoms with Crippen LogP contribution in [-0.4, -0.2) is 17.7 Å². The SMILES string of the molecule is C.C.C.C.C.CC(C)CCCOC(=O)CCC(C)c1ccc(O)cc1.CC(C)c1ccccc1. The lowest BCUT2D eigenvalue weighted by Gasteiger charge is -2.12. The number of hydrogen-bond donors (Lipinski definition) is 1. The van der Waals surface area contributed by atoms with Gasteiger partial charge in [0.2, 0.25) is 0 Å². The molecule has 0 bridgehead atoms. The molecule has 3 heteroatoms. The average Bonchev–Trinajstić information content (AvgIpc) is 2.71. The molecule has 0 aromatic heterocycles. The zero-order valence-corrected chi connectivity index (χ0v) is 18.7. The highest BCUT2D eigenvalue weighted by Crippen LogP contribution is 2.22. The first-order valence-corrected chi connectivity index (χ1v) is 10.8. The van der Waals surface area contributed by atoms with Crippen LogP contribution >= 0.6 is 0 Å². The van der Waals surface area contributed by atoms with Crippen LogP contribution in [0.25, 0.3) is 0 Å². The van der Waals surface area contributed by atoms with Crippen LogP contribution in [0.15, 0.2) is 54.6 Å². The van der Waals surface area contributed by atoms with Gasteiger partial charge in [0.1, 0.15) is 5.75 Å². The Morgan fingerprint density at radius 2 is 1.29 bits per heavy atom. The fourth-order valence-corrected chi connectivity index (χ4v) is 2.89. The topological polar surface area (TPSA) is 46.5 Å². The zero-order chi connectivity index (χ0) is 21.6. The lowest BCUT2D eigenvalue weighted by Crippen LogP contribution is -2.08. The van der Waals surface area contributed by atoms with Gasteiger partial charge in [0, 0.05) is 6.42 Å². The van der Waals surface area contributed by atoms with Gasteiger partial charge in [0.25, 0.3) is 0 Å². The summed E-state index contributed by atoms with van der Waals surface area (Å²) >= 11 is 0. The fourth-order valence-electron chi connectivity index (χ4n) is 2.89. The molecule has 0 amide bonds. The third kappa shape index (κ3) is 19.2. The largest absolute Gasteiger partial charge is 0.508 e. The Kier molecular flexibility index (Phi) is 29.4. The Morgan fingerprint density at radius 3 is 1.74 bits per heavy atom. The summed E-state index contributed by atoms with van der Waals surface area (Å²) in [5, 5.41) is 9.24. The molecule has 3 nitrogen and oxygen atoms in total. The van der Waals surface area contributed by atoms with E-state index in [0.717, 1.165) is 24.8 Å². The molecule has 1 atom stereocenters. The van der Waals surface area contributed by atoms with Gasteiger partial charge in [-0.05, 0) is 60.3 Å². The number of phenolic OH excluding ortho intramolecular Hbond substituents is 1. The smallest absolute Gasteiger partial charge is 0.305 e. The van der Waals surface area contributed by atoms with Crippen molar-refractivity contribution in [2.45, 2.75) is 109 Å². The highest BCUT2D eigenvalue weighted by molar-refractivity contribution is 5.69. The van der Waals surface area contributed by atoms with E-state index in [1.165, 1.54) is 5.56 Å². The van der Waals surface area contributed by atoms with Crippen LogP contribution in [0.2, 0.25) is 0 Å². The van der Waals surface area contributed by atoms with Gasteiger partial charge in [-0.1, -0.05) is 114 Å². The first-order valence-electron chi connectivity index (χ1n) is 10.8. The first-order chi connectivity index (χ1) is 13.8. The Balaban J connectivity index is -0.000000173. The highest BCUT2D eigenvalue weighted by atomic mass is 16.5. The minimum atomic E-state index is -0.112. The van der Waals surface area contributed by atoms with E-state index in [9.17, 15) is 9.90 Å². The van der Waals surface area contributed by atoms with Crippen molar-refractivity contribution >= 4 is 5.97 Å². The van der Waals surface area contributed by atoms with E-state index >= 15 is 0 Å². The third-order valence-corrected chi connectivity index (χ3v) is 4.90. The molecule has 0 radical (unpaired) electrons. The summed E-state index contributed by atoms with van der Waals surface area (Å²) in [6.07, 6.45) is 3.26. The number of ether oxygens (including phenoxy) is 1. The summed E-state index contributed by atoms with van der Waals surface area (Å²) in [6, 6.07) is 17.7. The normalized spacial score (nSPS) is 9.97. The van der Waals surface area contributed by atoms with Gasteiger partial charge in [-0.3, -0.25) is 4.79 Å². The van der Waals surface area contributed by atoms with E-state index in [-0.39, 0.29) is 48.9 Å². The van der Waals surface area contributed by atoms with E-state index in [1.54, 1.807) is 12.1 Å². The molecular weight excluding hydrogens is 420 g/mol. The molecule has 0 aliphatic rings. The third-order valence-electron chi connectivity index (χ3n) is 4.90. The molecule has 0 aliphatic carbocycles. The van der Waals surface area contributed by atoms with Crippen molar-refractivity contribution in [2.75, 3.05) is 6.61 Å². The number of aromatic hydroxyl groups is 1. The van der Waals surface area contributed by atoms with Gasteiger partial charge in [0.15, 0.2) is 0 Å². The van der Waals surface area contributed by atoms with Crippen LogP contribution in [0.1, 0.15) is 120 Å². The van der Waals surface area contributed by atoms with Crippen LogP contribution in [0, 0.1) is 5.92 Å². The second kappa shape index (κ2) is 23.9. The monoisotopic (exact) mass is 478 g/mol. The van der Waals surface area contributed by atoms with Crippen LogP contribution in [0.4, 0.5) is 0 Å². The van der Waals surface area contributed by atoms with E-state index in [1.807, 2.05) is 18.2 Å².